The zero-order valence-corrected chi connectivity index (χ0v) is 10.0. The van der Waals surface area contributed by atoms with E-state index in [1.807, 2.05) is 27.7 Å². The van der Waals surface area contributed by atoms with E-state index in [2.05, 4.69) is 15.9 Å². The lowest BCUT2D eigenvalue weighted by Crippen LogP contribution is -1.72. The van der Waals surface area contributed by atoms with Crippen molar-refractivity contribution in [3.63, 3.8) is 0 Å². The van der Waals surface area contributed by atoms with Gasteiger partial charge in [0.1, 0.15) is 11.6 Å². The number of halogens is 2. The third-order valence-corrected chi connectivity index (χ3v) is 1.54. The van der Waals surface area contributed by atoms with Crippen LogP contribution in [0.15, 0.2) is 22.7 Å². The Hall–Kier alpha value is -0.570. The summed E-state index contributed by atoms with van der Waals surface area (Å²) in [6, 6.07) is 3.69. The van der Waals surface area contributed by atoms with E-state index in [0.29, 0.717) is 4.47 Å². The van der Waals surface area contributed by atoms with E-state index in [1.165, 1.54) is 18.2 Å². The van der Waals surface area contributed by atoms with Gasteiger partial charge in [-0.15, -0.1) is 0 Å². The van der Waals surface area contributed by atoms with Crippen LogP contribution in [0.2, 0.25) is 0 Å². The third-order valence-electron chi connectivity index (χ3n) is 0.910. The van der Waals surface area contributed by atoms with Gasteiger partial charge < -0.3 is 5.11 Å². The zero-order valence-electron chi connectivity index (χ0n) is 8.44. The number of phenols is 1. The molecule has 0 aromatic heterocycles. The van der Waals surface area contributed by atoms with E-state index in [4.69, 9.17) is 5.11 Å². The van der Waals surface area contributed by atoms with Gasteiger partial charge in [0.15, 0.2) is 0 Å². The lowest BCUT2D eigenvalue weighted by molar-refractivity contribution is 0.469. The minimum atomic E-state index is -0.361. The van der Waals surface area contributed by atoms with Crippen LogP contribution in [0, 0.1) is 5.82 Å². The Morgan fingerprint density at radius 3 is 1.92 bits per heavy atom. The second kappa shape index (κ2) is 9.52. The van der Waals surface area contributed by atoms with Crippen LogP contribution < -0.4 is 0 Å². The standard InChI is InChI=1S/C6H4BrFO.2C2H6/c7-5-3-4(8)1-2-6(5)9;2*1-2/h1-3,9H;2*1-2H3. The van der Waals surface area contributed by atoms with E-state index in [0.717, 1.165) is 0 Å². The lowest BCUT2D eigenvalue weighted by Gasteiger charge is -1.93. The van der Waals surface area contributed by atoms with Crippen molar-refractivity contribution in [2.45, 2.75) is 27.7 Å². The molecule has 0 fully saturated rings. The Kier molecular flexibility index (Phi) is 10.9. The fourth-order valence-electron chi connectivity index (χ4n) is 0.481. The van der Waals surface area contributed by atoms with E-state index >= 15 is 0 Å². The molecule has 0 saturated carbocycles. The summed E-state index contributed by atoms with van der Waals surface area (Å²) in [5, 5.41) is 8.83. The highest BCUT2D eigenvalue weighted by molar-refractivity contribution is 9.10. The summed E-state index contributed by atoms with van der Waals surface area (Å²) in [6.07, 6.45) is 0. The normalized spacial score (nSPS) is 7.54. The van der Waals surface area contributed by atoms with Crippen LogP contribution in [-0.4, -0.2) is 5.11 Å². The van der Waals surface area contributed by atoms with Gasteiger partial charge in [-0.1, -0.05) is 27.7 Å². The molecule has 0 saturated heterocycles. The van der Waals surface area contributed by atoms with Gasteiger partial charge in [0, 0.05) is 0 Å². The highest BCUT2D eigenvalue weighted by Gasteiger charge is 1.96. The summed E-state index contributed by atoms with van der Waals surface area (Å²) in [6.45, 7) is 8.00. The van der Waals surface area contributed by atoms with Crippen LogP contribution in [-0.2, 0) is 0 Å². The van der Waals surface area contributed by atoms with Crippen molar-refractivity contribution in [1.82, 2.24) is 0 Å². The molecule has 3 heteroatoms. The first-order chi connectivity index (χ1) is 6.20. The molecule has 13 heavy (non-hydrogen) atoms. The third kappa shape index (κ3) is 6.58. The fourth-order valence-corrected chi connectivity index (χ4v) is 0.832. The molecule has 76 valence electrons. The first kappa shape index (κ1) is 14.9. The van der Waals surface area contributed by atoms with E-state index in [1.54, 1.807) is 0 Å². The van der Waals surface area contributed by atoms with Gasteiger partial charge in [-0.3, -0.25) is 0 Å². The summed E-state index contributed by atoms with van der Waals surface area (Å²) in [5.41, 5.74) is 0. The molecular formula is C10H16BrFO. The maximum atomic E-state index is 12.2. The first-order valence-electron chi connectivity index (χ1n) is 4.34. The van der Waals surface area contributed by atoms with Crippen molar-refractivity contribution in [3.05, 3.63) is 28.5 Å². The summed E-state index contributed by atoms with van der Waals surface area (Å²) >= 11 is 2.96. The number of hydrogen-bond acceptors (Lipinski definition) is 1. The van der Waals surface area contributed by atoms with Gasteiger partial charge in [-0.25, -0.2) is 4.39 Å². The monoisotopic (exact) mass is 250 g/mol. The molecule has 1 N–H and O–H groups in total. The fraction of sp³-hybridized carbons (Fsp3) is 0.400. The zero-order chi connectivity index (χ0) is 10.9. The van der Waals surface area contributed by atoms with Crippen LogP contribution in [0.3, 0.4) is 0 Å². The minimum absolute atomic E-state index is 0.0522. The highest BCUT2D eigenvalue weighted by Crippen LogP contribution is 2.23. The Morgan fingerprint density at radius 1 is 1.15 bits per heavy atom. The van der Waals surface area contributed by atoms with Crippen LogP contribution in [0.4, 0.5) is 4.39 Å². The van der Waals surface area contributed by atoms with E-state index in [-0.39, 0.29) is 11.6 Å². The predicted molar refractivity (Wildman–Crippen MR) is 58.5 cm³/mol. The molecule has 1 rings (SSSR count). The van der Waals surface area contributed by atoms with Crippen LogP contribution in [0.1, 0.15) is 27.7 Å². The molecule has 0 unspecified atom stereocenters. The largest absolute Gasteiger partial charge is 0.507 e. The van der Waals surface area contributed by atoms with Crippen molar-refractivity contribution in [2.75, 3.05) is 0 Å². The SMILES string of the molecule is CC.CC.Oc1ccc(F)cc1Br. The molecular weight excluding hydrogens is 235 g/mol. The molecule has 1 nitrogen and oxygen atoms in total. The number of aromatic hydroxyl groups is 1. The summed E-state index contributed by atoms with van der Waals surface area (Å²) < 4.78 is 12.6. The maximum Gasteiger partial charge on any atom is 0.129 e. The number of rotatable bonds is 0. The van der Waals surface area contributed by atoms with Gasteiger partial charge in [-0.2, -0.15) is 0 Å². The van der Waals surface area contributed by atoms with Crippen molar-refractivity contribution in [3.8, 4) is 5.75 Å². The number of benzene rings is 1. The Balaban J connectivity index is 0. The van der Waals surface area contributed by atoms with Crippen molar-refractivity contribution in [2.24, 2.45) is 0 Å². The van der Waals surface area contributed by atoms with Gasteiger partial charge in [0.2, 0.25) is 0 Å². The second-order valence-corrected chi connectivity index (χ2v) is 2.45. The lowest BCUT2D eigenvalue weighted by atomic mass is 10.3. The Morgan fingerprint density at radius 2 is 1.62 bits per heavy atom. The molecule has 0 atom stereocenters. The van der Waals surface area contributed by atoms with E-state index < -0.39 is 0 Å². The van der Waals surface area contributed by atoms with Crippen molar-refractivity contribution >= 4 is 15.9 Å². The molecule has 0 aliphatic heterocycles. The average Bonchev–Trinajstić information content (AvgIpc) is 2.18. The Bertz CT molecular complexity index is 226. The van der Waals surface area contributed by atoms with Crippen LogP contribution in [0.5, 0.6) is 5.75 Å². The molecule has 0 radical (unpaired) electrons. The smallest absolute Gasteiger partial charge is 0.129 e. The number of hydrogen-bond donors (Lipinski definition) is 1. The molecule has 0 aliphatic carbocycles. The van der Waals surface area contributed by atoms with Gasteiger partial charge in [-0.05, 0) is 34.1 Å². The van der Waals surface area contributed by atoms with Gasteiger partial charge in [0.25, 0.3) is 0 Å². The summed E-state index contributed by atoms with van der Waals surface area (Å²) in [7, 11) is 0. The average molecular weight is 251 g/mol. The topological polar surface area (TPSA) is 20.2 Å². The quantitative estimate of drug-likeness (QED) is 0.726. The molecule has 1 aromatic rings. The minimum Gasteiger partial charge on any atom is -0.507 e. The van der Waals surface area contributed by atoms with Crippen LogP contribution in [0.25, 0.3) is 0 Å². The van der Waals surface area contributed by atoms with Crippen molar-refractivity contribution in [1.29, 1.82) is 0 Å². The Labute approximate surface area is 87.7 Å². The van der Waals surface area contributed by atoms with Gasteiger partial charge in [0.05, 0.1) is 4.47 Å². The highest BCUT2D eigenvalue weighted by atomic mass is 79.9. The molecule has 0 amide bonds. The van der Waals surface area contributed by atoms with Crippen LogP contribution >= 0.6 is 15.9 Å². The second-order valence-electron chi connectivity index (χ2n) is 1.60. The molecule has 0 bridgehead atoms. The predicted octanol–water partition coefficient (Wildman–Crippen LogP) is 4.35. The molecule has 0 spiro atoms. The molecule has 0 aliphatic rings. The first-order valence-corrected chi connectivity index (χ1v) is 5.13. The summed E-state index contributed by atoms with van der Waals surface area (Å²) in [5.74, 6) is -0.309. The van der Waals surface area contributed by atoms with Gasteiger partial charge >= 0.3 is 0 Å². The molecule has 0 heterocycles. The number of phenolic OH excluding ortho intramolecular Hbond substituents is 1. The summed E-state index contributed by atoms with van der Waals surface area (Å²) in [4.78, 5) is 0. The van der Waals surface area contributed by atoms with Crippen molar-refractivity contribution < 1.29 is 9.50 Å². The molecule has 1 aromatic carbocycles. The van der Waals surface area contributed by atoms with E-state index in [9.17, 15) is 4.39 Å². The maximum absolute atomic E-state index is 12.2.